The lowest BCUT2D eigenvalue weighted by molar-refractivity contribution is 0.626. The zero-order chi connectivity index (χ0) is 7.56. The van der Waals surface area contributed by atoms with Crippen LogP contribution in [0.4, 0.5) is 4.39 Å². The van der Waals surface area contributed by atoms with Crippen LogP contribution in [-0.2, 0) is 0 Å². The van der Waals surface area contributed by atoms with Gasteiger partial charge in [0.2, 0.25) is 0 Å². The van der Waals surface area contributed by atoms with E-state index in [1.165, 1.54) is 12.1 Å². The van der Waals surface area contributed by atoms with Crippen LogP contribution in [0.2, 0.25) is 0 Å². The topological polar surface area (TPSA) is 0 Å². The molecule has 0 aliphatic heterocycles. The molecule has 0 bridgehead atoms. The summed E-state index contributed by atoms with van der Waals surface area (Å²) in [6.07, 6.45) is 5.07. The molecule has 58 valence electrons. The molecule has 0 nitrogen and oxygen atoms in total. The average molecular weight is 150 g/mol. The van der Waals surface area contributed by atoms with E-state index in [0.717, 1.165) is 5.56 Å². The highest BCUT2D eigenvalue weighted by Gasteiger charge is 1.92. The molecule has 0 amide bonds. The molecule has 0 saturated heterocycles. The van der Waals surface area contributed by atoms with Gasteiger partial charge in [0.05, 0.1) is 0 Å². The molecule has 0 spiro atoms. The number of hydrogen-bond donors (Lipinski definition) is 0. The van der Waals surface area contributed by atoms with Crippen molar-refractivity contribution in [3.63, 3.8) is 0 Å². The minimum atomic E-state index is -0.270. The van der Waals surface area contributed by atoms with Gasteiger partial charge in [-0.25, -0.2) is 4.39 Å². The molecule has 0 unspecified atom stereocenters. The van der Waals surface area contributed by atoms with E-state index in [4.69, 9.17) is 6.42 Å². The Bertz CT molecular complexity index is 261. The fourth-order valence-electron chi connectivity index (χ4n) is 0.820. The number of hydrogen-bond acceptors (Lipinski definition) is 0. The molecule has 0 N–H and O–H groups in total. The fraction of sp³-hybridized carbons (Fsp3) is 0.200. The van der Waals surface area contributed by atoms with E-state index < -0.39 is 0 Å². The number of terminal acetylenes is 1. The highest BCUT2D eigenvalue weighted by molar-refractivity contribution is 5.35. The van der Waals surface area contributed by atoms with Crippen LogP contribution in [0.15, 0.2) is 18.2 Å². The first kappa shape index (κ1) is 9.71. The zero-order valence-electron chi connectivity index (χ0n) is 5.69. The fourth-order valence-corrected chi connectivity index (χ4v) is 0.820. The van der Waals surface area contributed by atoms with Crippen molar-refractivity contribution in [2.75, 3.05) is 0 Å². The smallest absolute Gasteiger partial charge is 0.124 e. The third-order valence-corrected chi connectivity index (χ3v) is 1.21. The molecule has 0 aliphatic rings. The summed E-state index contributed by atoms with van der Waals surface area (Å²) in [5.41, 5.74) is 1.45. The summed E-state index contributed by atoms with van der Waals surface area (Å²) in [6.45, 7) is 1.81. The molecular weight excluding hydrogens is 139 g/mol. The molecule has 1 aromatic rings. The van der Waals surface area contributed by atoms with Crippen LogP contribution in [-0.4, -0.2) is 0 Å². The van der Waals surface area contributed by atoms with Gasteiger partial charge in [0.25, 0.3) is 0 Å². The van der Waals surface area contributed by atoms with Crippen molar-refractivity contribution in [3.05, 3.63) is 35.1 Å². The molecule has 1 rings (SSSR count). The van der Waals surface area contributed by atoms with E-state index in [1.54, 1.807) is 6.07 Å². The van der Waals surface area contributed by atoms with Crippen molar-refractivity contribution in [1.29, 1.82) is 0 Å². The Balaban J connectivity index is 0.000001000. The molecule has 11 heavy (non-hydrogen) atoms. The second kappa shape index (κ2) is 3.78. The molecule has 0 fully saturated rings. The molecule has 0 heterocycles. The SMILES string of the molecule is C.C#Cc1cc(C)cc(F)c1. The van der Waals surface area contributed by atoms with Gasteiger partial charge in [-0.3, -0.25) is 0 Å². The second-order valence-electron chi connectivity index (χ2n) is 2.16. The Labute approximate surface area is 67.1 Å². The number of rotatable bonds is 0. The van der Waals surface area contributed by atoms with Crippen LogP contribution in [0.5, 0.6) is 0 Å². The van der Waals surface area contributed by atoms with Crippen LogP contribution in [0.25, 0.3) is 0 Å². The van der Waals surface area contributed by atoms with E-state index in [9.17, 15) is 4.39 Å². The quantitative estimate of drug-likeness (QED) is 0.499. The molecule has 0 aliphatic carbocycles. The van der Waals surface area contributed by atoms with E-state index in [1.807, 2.05) is 6.92 Å². The Kier molecular flexibility index (Phi) is 3.33. The lowest BCUT2D eigenvalue weighted by Crippen LogP contribution is -1.80. The summed E-state index contributed by atoms with van der Waals surface area (Å²) < 4.78 is 12.5. The maximum absolute atomic E-state index is 12.5. The van der Waals surface area contributed by atoms with Crippen molar-refractivity contribution in [1.82, 2.24) is 0 Å². The molecular formula is C10H11F. The summed E-state index contributed by atoms with van der Waals surface area (Å²) in [4.78, 5) is 0. The van der Waals surface area contributed by atoms with E-state index in [-0.39, 0.29) is 13.2 Å². The summed E-state index contributed by atoms with van der Waals surface area (Å²) in [6, 6.07) is 4.55. The van der Waals surface area contributed by atoms with Crippen molar-refractivity contribution in [2.45, 2.75) is 14.4 Å². The van der Waals surface area contributed by atoms with Gasteiger partial charge in [0.15, 0.2) is 0 Å². The maximum atomic E-state index is 12.5. The molecule has 0 atom stereocenters. The Hall–Kier alpha value is -1.29. The maximum Gasteiger partial charge on any atom is 0.124 e. The Morgan fingerprint density at radius 2 is 2.00 bits per heavy atom. The minimum Gasteiger partial charge on any atom is -0.207 e. The Morgan fingerprint density at radius 3 is 2.45 bits per heavy atom. The van der Waals surface area contributed by atoms with E-state index in [0.29, 0.717) is 5.56 Å². The first-order valence-corrected chi connectivity index (χ1v) is 2.96. The first-order chi connectivity index (χ1) is 4.72. The molecule has 1 aromatic carbocycles. The lowest BCUT2D eigenvalue weighted by atomic mass is 10.1. The van der Waals surface area contributed by atoms with Gasteiger partial charge in [-0.2, -0.15) is 0 Å². The zero-order valence-corrected chi connectivity index (χ0v) is 5.69. The summed E-state index contributed by atoms with van der Waals surface area (Å²) >= 11 is 0. The van der Waals surface area contributed by atoms with Crippen molar-refractivity contribution < 1.29 is 4.39 Å². The number of halogens is 1. The number of benzene rings is 1. The minimum absolute atomic E-state index is 0. The standard InChI is InChI=1S/C9H7F.CH4/c1-3-8-4-7(2)5-9(10)6-8;/h1,4-6H,2H3;1H4. The number of aryl methyl sites for hydroxylation is 1. The van der Waals surface area contributed by atoms with Crippen molar-refractivity contribution in [2.24, 2.45) is 0 Å². The molecule has 0 radical (unpaired) electrons. The van der Waals surface area contributed by atoms with Crippen molar-refractivity contribution in [3.8, 4) is 12.3 Å². The monoisotopic (exact) mass is 150 g/mol. The van der Waals surface area contributed by atoms with Gasteiger partial charge in [-0.05, 0) is 30.7 Å². The van der Waals surface area contributed by atoms with E-state index in [2.05, 4.69) is 5.92 Å². The third-order valence-electron chi connectivity index (χ3n) is 1.21. The van der Waals surface area contributed by atoms with Gasteiger partial charge in [0, 0.05) is 5.56 Å². The second-order valence-corrected chi connectivity index (χ2v) is 2.16. The lowest BCUT2D eigenvalue weighted by Gasteiger charge is -1.93. The highest BCUT2D eigenvalue weighted by atomic mass is 19.1. The summed E-state index contributed by atoms with van der Waals surface area (Å²) in [5, 5.41) is 0. The molecule has 0 aromatic heterocycles. The van der Waals surface area contributed by atoms with Crippen LogP contribution in [0.1, 0.15) is 18.6 Å². The highest BCUT2D eigenvalue weighted by Crippen LogP contribution is 2.06. The largest absolute Gasteiger partial charge is 0.207 e. The normalized spacial score (nSPS) is 8.09. The predicted octanol–water partition coefficient (Wildman–Crippen LogP) is 2.75. The van der Waals surface area contributed by atoms with E-state index >= 15 is 0 Å². The summed E-state index contributed by atoms with van der Waals surface area (Å²) in [7, 11) is 0. The van der Waals surface area contributed by atoms with Gasteiger partial charge >= 0.3 is 0 Å². The first-order valence-electron chi connectivity index (χ1n) is 2.96. The van der Waals surface area contributed by atoms with Gasteiger partial charge in [0.1, 0.15) is 5.82 Å². The van der Waals surface area contributed by atoms with Crippen LogP contribution >= 0.6 is 0 Å². The van der Waals surface area contributed by atoms with Crippen LogP contribution in [0.3, 0.4) is 0 Å². The predicted molar refractivity (Wildman–Crippen MR) is 45.8 cm³/mol. The molecule has 0 saturated carbocycles. The van der Waals surface area contributed by atoms with Gasteiger partial charge in [-0.1, -0.05) is 13.3 Å². The van der Waals surface area contributed by atoms with Crippen LogP contribution < -0.4 is 0 Å². The van der Waals surface area contributed by atoms with Gasteiger partial charge < -0.3 is 0 Å². The Morgan fingerprint density at radius 1 is 1.36 bits per heavy atom. The summed E-state index contributed by atoms with van der Waals surface area (Å²) in [5.74, 6) is 2.10. The molecule has 1 heteroatoms. The third kappa shape index (κ3) is 2.43. The van der Waals surface area contributed by atoms with Gasteiger partial charge in [-0.15, -0.1) is 6.42 Å². The van der Waals surface area contributed by atoms with Crippen molar-refractivity contribution >= 4 is 0 Å². The van der Waals surface area contributed by atoms with Crippen LogP contribution in [0, 0.1) is 25.1 Å². The average Bonchev–Trinajstić information content (AvgIpc) is 1.85.